The van der Waals surface area contributed by atoms with Crippen LogP contribution in [0.1, 0.15) is 25.5 Å². The average Bonchev–Trinajstić information content (AvgIpc) is 3.14. The van der Waals surface area contributed by atoms with Gasteiger partial charge in [-0.05, 0) is 13.8 Å². The fourth-order valence-electron chi connectivity index (χ4n) is 3.16. The van der Waals surface area contributed by atoms with Crippen LogP contribution in [0.4, 0.5) is 5.13 Å². The molecule has 1 aliphatic rings. The standard InChI is InChI=1S/C18H25N5OS2/c1-3-19-17-20-21-18(26-17)25-13-16(24)23-11-9-22(10-12-23)14(2)15-7-5-4-6-8-15/h4-8,14H,3,9-13H2,1-2H3,(H,19,20)/p+1/t14-/m1/s1. The van der Waals surface area contributed by atoms with Crippen LogP contribution in [-0.2, 0) is 4.79 Å². The average molecular weight is 393 g/mol. The van der Waals surface area contributed by atoms with Crippen LogP contribution in [0.5, 0.6) is 0 Å². The number of quaternary nitrogens is 1. The van der Waals surface area contributed by atoms with Crippen molar-refractivity contribution in [2.45, 2.75) is 24.2 Å². The maximum atomic E-state index is 12.5. The molecule has 2 heterocycles. The molecule has 140 valence electrons. The van der Waals surface area contributed by atoms with Crippen molar-refractivity contribution < 1.29 is 9.69 Å². The number of aromatic nitrogens is 2. The highest BCUT2D eigenvalue weighted by molar-refractivity contribution is 8.01. The maximum absolute atomic E-state index is 12.5. The van der Waals surface area contributed by atoms with E-state index in [0.717, 1.165) is 42.2 Å². The predicted molar refractivity (Wildman–Crippen MR) is 107 cm³/mol. The Labute approximate surface area is 163 Å². The van der Waals surface area contributed by atoms with Crippen molar-refractivity contribution in [1.29, 1.82) is 0 Å². The lowest BCUT2D eigenvalue weighted by molar-refractivity contribution is -0.933. The SMILES string of the molecule is CCNc1nnc(SCC(=O)N2CC[NH+]([C@H](C)c3ccccc3)CC2)s1. The molecule has 3 rings (SSSR count). The number of benzene rings is 1. The van der Waals surface area contributed by atoms with Gasteiger partial charge >= 0.3 is 0 Å². The zero-order chi connectivity index (χ0) is 18.4. The van der Waals surface area contributed by atoms with Gasteiger partial charge in [-0.15, -0.1) is 10.2 Å². The van der Waals surface area contributed by atoms with Crippen LogP contribution in [0, 0.1) is 0 Å². The van der Waals surface area contributed by atoms with Gasteiger partial charge in [-0.2, -0.15) is 0 Å². The molecule has 1 aromatic heterocycles. The quantitative estimate of drug-likeness (QED) is 0.700. The zero-order valence-corrected chi connectivity index (χ0v) is 16.9. The molecule has 0 radical (unpaired) electrons. The van der Waals surface area contributed by atoms with Crippen LogP contribution < -0.4 is 10.2 Å². The van der Waals surface area contributed by atoms with Gasteiger partial charge in [0.05, 0.1) is 31.9 Å². The summed E-state index contributed by atoms with van der Waals surface area (Å²) in [7, 11) is 0. The number of thioether (sulfide) groups is 1. The van der Waals surface area contributed by atoms with E-state index in [9.17, 15) is 4.79 Å². The fourth-order valence-corrected chi connectivity index (χ4v) is 4.88. The lowest BCUT2D eigenvalue weighted by Gasteiger charge is -2.35. The first-order chi connectivity index (χ1) is 12.7. The largest absolute Gasteiger partial charge is 0.360 e. The molecule has 6 nitrogen and oxygen atoms in total. The molecule has 0 saturated carbocycles. The van der Waals surface area contributed by atoms with Crippen molar-refractivity contribution in [2.24, 2.45) is 0 Å². The van der Waals surface area contributed by atoms with Crippen LogP contribution in [0.25, 0.3) is 0 Å². The fraction of sp³-hybridized carbons (Fsp3) is 0.500. The molecule has 0 aliphatic carbocycles. The van der Waals surface area contributed by atoms with E-state index in [0.29, 0.717) is 11.8 Å². The number of rotatable bonds is 7. The number of nitrogens with zero attached hydrogens (tertiary/aromatic N) is 3. The smallest absolute Gasteiger partial charge is 0.233 e. The minimum Gasteiger partial charge on any atom is -0.360 e. The van der Waals surface area contributed by atoms with Crippen molar-refractivity contribution in [1.82, 2.24) is 15.1 Å². The Kier molecular flexibility index (Phi) is 6.87. The summed E-state index contributed by atoms with van der Waals surface area (Å²) < 4.78 is 0.844. The van der Waals surface area contributed by atoms with E-state index in [1.807, 2.05) is 11.8 Å². The number of nitrogens with one attached hydrogen (secondary N) is 2. The summed E-state index contributed by atoms with van der Waals surface area (Å²) in [4.78, 5) is 16.0. The number of carbonyl (C=O) groups excluding carboxylic acids is 1. The molecule has 1 fully saturated rings. The Hall–Kier alpha value is -1.64. The summed E-state index contributed by atoms with van der Waals surface area (Å²) >= 11 is 2.98. The van der Waals surface area contributed by atoms with E-state index >= 15 is 0 Å². The maximum Gasteiger partial charge on any atom is 0.233 e. The van der Waals surface area contributed by atoms with Crippen LogP contribution in [0.3, 0.4) is 0 Å². The highest BCUT2D eigenvalue weighted by Crippen LogP contribution is 2.25. The third-order valence-electron chi connectivity index (χ3n) is 4.72. The molecule has 1 aliphatic heterocycles. The minimum atomic E-state index is 0.196. The summed E-state index contributed by atoms with van der Waals surface area (Å²) in [5, 5.41) is 12.1. The minimum absolute atomic E-state index is 0.196. The molecular formula is C18H26N5OS2+. The highest BCUT2D eigenvalue weighted by atomic mass is 32.2. The summed E-state index contributed by atoms with van der Waals surface area (Å²) in [5.74, 6) is 0.631. The van der Waals surface area contributed by atoms with Gasteiger partial charge in [0.2, 0.25) is 11.0 Å². The van der Waals surface area contributed by atoms with E-state index in [-0.39, 0.29) is 5.91 Å². The van der Waals surface area contributed by atoms with Gasteiger partial charge in [-0.1, -0.05) is 53.4 Å². The molecular weight excluding hydrogens is 366 g/mol. The van der Waals surface area contributed by atoms with Gasteiger partial charge < -0.3 is 15.1 Å². The second-order valence-electron chi connectivity index (χ2n) is 6.36. The van der Waals surface area contributed by atoms with Gasteiger partial charge in [-0.25, -0.2) is 0 Å². The monoisotopic (exact) mass is 392 g/mol. The Bertz CT molecular complexity index is 701. The number of piperazine rings is 1. The van der Waals surface area contributed by atoms with E-state index in [2.05, 4.69) is 52.8 Å². The first-order valence-corrected chi connectivity index (χ1v) is 10.8. The topological polar surface area (TPSA) is 62.6 Å². The first kappa shape index (κ1) is 19.1. The number of hydrogen-bond donors (Lipinski definition) is 2. The molecule has 1 saturated heterocycles. The number of carbonyl (C=O) groups is 1. The molecule has 1 aromatic carbocycles. The number of hydrogen-bond acceptors (Lipinski definition) is 6. The van der Waals surface area contributed by atoms with Crippen LogP contribution in [-0.4, -0.2) is 59.5 Å². The molecule has 0 bridgehead atoms. The van der Waals surface area contributed by atoms with Crippen molar-refractivity contribution in [2.75, 3.05) is 43.8 Å². The Morgan fingerprint density at radius 3 is 2.73 bits per heavy atom. The van der Waals surface area contributed by atoms with Crippen molar-refractivity contribution in [3.8, 4) is 0 Å². The molecule has 1 amide bonds. The molecule has 0 spiro atoms. The van der Waals surface area contributed by atoms with Crippen LogP contribution >= 0.6 is 23.1 Å². The third-order valence-corrected chi connectivity index (χ3v) is 6.72. The van der Waals surface area contributed by atoms with Crippen LogP contribution in [0.15, 0.2) is 34.7 Å². The lowest BCUT2D eigenvalue weighted by Crippen LogP contribution is -3.14. The Morgan fingerprint density at radius 2 is 2.04 bits per heavy atom. The summed E-state index contributed by atoms with van der Waals surface area (Å²) in [6, 6.07) is 11.1. The van der Waals surface area contributed by atoms with Crippen LogP contribution in [0.2, 0.25) is 0 Å². The van der Waals surface area contributed by atoms with Gasteiger partial charge in [0, 0.05) is 12.1 Å². The third kappa shape index (κ3) is 4.96. The first-order valence-electron chi connectivity index (χ1n) is 9.05. The molecule has 2 aromatic rings. The number of amides is 1. The lowest BCUT2D eigenvalue weighted by atomic mass is 10.1. The summed E-state index contributed by atoms with van der Waals surface area (Å²) in [6.45, 7) is 8.76. The summed E-state index contributed by atoms with van der Waals surface area (Å²) in [5.41, 5.74) is 1.37. The van der Waals surface area contributed by atoms with Gasteiger partial charge in [0.15, 0.2) is 4.34 Å². The zero-order valence-electron chi connectivity index (χ0n) is 15.3. The highest BCUT2D eigenvalue weighted by Gasteiger charge is 2.27. The Morgan fingerprint density at radius 1 is 1.31 bits per heavy atom. The van der Waals surface area contributed by atoms with Crippen molar-refractivity contribution in [3.05, 3.63) is 35.9 Å². The number of anilines is 1. The molecule has 0 unspecified atom stereocenters. The normalized spacial score (nSPS) is 16.5. The predicted octanol–water partition coefficient (Wildman–Crippen LogP) is 1.55. The van der Waals surface area contributed by atoms with E-state index < -0.39 is 0 Å². The molecule has 1 atom stereocenters. The van der Waals surface area contributed by atoms with E-state index in [1.165, 1.54) is 28.7 Å². The second kappa shape index (κ2) is 9.34. The van der Waals surface area contributed by atoms with E-state index in [1.54, 1.807) is 4.90 Å². The van der Waals surface area contributed by atoms with Gasteiger partial charge in [0.25, 0.3) is 0 Å². The molecule has 26 heavy (non-hydrogen) atoms. The Balaban J connectivity index is 1.44. The van der Waals surface area contributed by atoms with Crippen molar-refractivity contribution in [3.63, 3.8) is 0 Å². The van der Waals surface area contributed by atoms with Crippen molar-refractivity contribution >= 4 is 34.1 Å². The van der Waals surface area contributed by atoms with E-state index in [4.69, 9.17) is 0 Å². The summed E-state index contributed by atoms with van der Waals surface area (Å²) in [6.07, 6.45) is 0. The molecule has 8 heteroatoms. The second-order valence-corrected chi connectivity index (χ2v) is 8.56. The van der Waals surface area contributed by atoms with Gasteiger partial charge in [-0.3, -0.25) is 4.79 Å². The van der Waals surface area contributed by atoms with Gasteiger partial charge in [0.1, 0.15) is 6.04 Å². The molecule has 2 N–H and O–H groups in total.